The maximum Gasteiger partial charge on any atom is 0.250 e. The van der Waals surface area contributed by atoms with Crippen molar-refractivity contribution in [1.82, 2.24) is 9.78 Å². The third-order valence-electron chi connectivity index (χ3n) is 3.21. The molecule has 106 valence electrons. The van der Waals surface area contributed by atoms with Gasteiger partial charge in [-0.2, -0.15) is 5.10 Å². The Morgan fingerprint density at radius 2 is 2.20 bits per heavy atom. The summed E-state index contributed by atoms with van der Waals surface area (Å²) in [5.41, 5.74) is 12.9. The molecule has 1 aromatic carbocycles. The number of rotatable bonds is 4. The molecule has 20 heavy (non-hydrogen) atoms. The topological polar surface area (TPSA) is 99.0 Å². The Bertz CT molecular complexity index is 665. The molecule has 0 fully saturated rings. The van der Waals surface area contributed by atoms with E-state index in [1.54, 1.807) is 10.9 Å². The standard InChI is InChI=1S/C13H16FN5O/c1-7-8(6-18-19(7)2)5-17-12-3-9(13(16)20)11(15)4-10(12)14/h3-4,6,17H,5,15H2,1-2H3,(H2,16,20). The van der Waals surface area contributed by atoms with Crippen LogP contribution in [0.5, 0.6) is 0 Å². The Labute approximate surface area is 115 Å². The molecule has 2 aromatic rings. The summed E-state index contributed by atoms with van der Waals surface area (Å²) in [6.45, 7) is 2.30. The van der Waals surface area contributed by atoms with Crippen molar-refractivity contribution in [2.75, 3.05) is 11.1 Å². The highest BCUT2D eigenvalue weighted by molar-refractivity contribution is 5.99. The fraction of sp³-hybridized carbons (Fsp3) is 0.231. The summed E-state index contributed by atoms with van der Waals surface area (Å²) < 4.78 is 15.5. The minimum atomic E-state index is -0.692. The Morgan fingerprint density at radius 1 is 1.50 bits per heavy atom. The number of nitrogens with zero attached hydrogens (tertiary/aromatic N) is 2. The molecule has 0 atom stereocenters. The fourth-order valence-corrected chi connectivity index (χ4v) is 1.85. The third kappa shape index (κ3) is 2.56. The smallest absolute Gasteiger partial charge is 0.250 e. The Morgan fingerprint density at radius 3 is 2.75 bits per heavy atom. The molecule has 0 aliphatic carbocycles. The lowest BCUT2D eigenvalue weighted by Crippen LogP contribution is -2.15. The van der Waals surface area contributed by atoms with Crippen LogP contribution in [0, 0.1) is 12.7 Å². The lowest BCUT2D eigenvalue weighted by Gasteiger charge is -2.10. The molecule has 0 spiro atoms. The van der Waals surface area contributed by atoms with Gasteiger partial charge in [-0.1, -0.05) is 0 Å². The van der Waals surface area contributed by atoms with Crippen molar-refractivity contribution in [1.29, 1.82) is 0 Å². The number of aryl methyl sites for hydroxylation is 1. The van der Waals surface area contributed by atoms with Crippen molar-refractivity contribution in [2.24, 2.45) is 12.8 Å². The van der Waals surface area contributed by atoms with Crippen molar-refractivity contribution in [2.45, 2.75) is 13.5 Å². The molecule has 2 rings (SSSR count). The molecular formula is C13H16FN5O. The molecule has 7 heteroatoms. The Kier molecular flexibility index (Phi) is 3.60. The normalized spacial score (nSPS) is 10.6. The summed E-state index contributed by atoms with van der Waals surface area (Å²) in [5.74, 6) is -1.22. The first-order valence-corrected chi connectivity index (χ1v) is 6.00. The number of halogens is 1. The summed E-state index contributed by atoms with van der Waals surface area (Å²) in [7, 11) is 1.83. The van der Waals surface area contributed by atoms with Gasteiger partial charge in [0.2, 0.25) is 0 Å². The number of nitrogen functional groups attached to an aromatic ring is 1. The van der Waals surface area contributed by atoms with Crippen LogP contribution in [0.2, 0.25) is 0 Å². The third-order valence-corrected chi connectivity index (χ3v) is 3.21. The van der Waals surface area contributed by atoms with Crippen LogP contribution < -0.4 is 16.8 Å². The van der Waals surface area contributed by atoms with Crippen LogP contribution in [-0.2, 0) is 13.6 Å². The van der Waals surface area contributed by atoms with Gasteiger partial charge in [0.1, 0.15) is 5.82 Å². The summed E-state index contributed by atoms with van der Waals surface area (Å²) in [4.78, 5) is 11.2. The van der Waals surface area contributed by atoms with Gasteiger partial charge < -0.3 is 16.8 Å². The molecule has 0 saturated heterocycles. The van der Waals surface area contributed by atoms with Crippen LogP contribution >= 0.6 is 0 Å². The number of nitrogens with one attached hydrogen (secondary N) is 1. The van der Waals surface area contributed by atoms with Crippen LogP contribution in [0.1, 0.15) is 21.6 Å². The first-order chi connectivity index (χ1) is 9.40. The lowest BCUT2D eigenvalue weighted by molar-refractivity contribution is 0.100. The molecule has 0 radical (unpaired) electrons. The van der Waals surface area contributed by atoms with E-state index >= 15 is 0 Å². The number of aromatic nitrogens is 2. The van der Waals surface area contributed by atoms with E-state index in [9.17, 15) is 9.18 Å². The molecule has 0 aliphatic rings. The number of nitrogens with two attached hydrogens (primary N) is 2. The van der Waals surface area contributed by atoms with E-state index in [2.05, 4.69) is 10.4 Å². The Hall–Kier alpha value is -2.57. The molecular weight excluding hydrogens is 261 g/mol. The van der Waals surface area contributed by atoms with Crippen LogP contribution in [0.3, 0.4) is 0 Å². The minimum Gasteiger partial charge on any atom is -0.398 e. The second-order valence-electron chi connectivity index (χ2n) is 4.52. The quantitative estimate of drug-likeness (QED) is 0.730. The highest BCUT2D eigenvalue weighted by Crippen LogP contribution is 2.22. The number of carbonyl (C=O) groups excluding carboxylic acids is 1. The van der Waals surface area contributed by atoms with Crippen LogP contribution in [0.4, 0.5) is 15.8 Å². The average Bonchev–Trinajstić information content (AvgIpc) is 2.69. The molecule has 1 aromatic heterocycles. The molecule has 6 nitrogen and oxygen atoms in total. The van der Waals surface area contributed by atoms with E-state index in [4.69, 9.17) is 11.5 Å². The summed E-state index contributed by atoms with van der Waals surface area (Å²) in [6, 6.07) is 2.40. The van der Waals surface area contributed by atoms with Crippen molar-refractivity contribution in [3.63, 3.8) is 0 Å². The first-order valence-electron chi connectivity index (χ1n) is 6.00. The van der Waals surface area contributed by atoms with Crippen LogP contribution in [0.15, 0.2) is 18.3 Å². The summed E-state index contributed by atoms with van der Waals surface area (Å²) in [5, 5.41) is 7.01. The van der Waals surface area contributed by atoms with Gasteiger partial charge >= 0.3 is 0 Å². The van der Waals surface area contributed by atoms with Gasteiger partial charge in [0.25, 0.3) is 5.91 Å². The zero-order chi connectivity index (χ0) is 14.9. The van der Waals surface area contributed by atoms with E-state index < -0.39 is 11.7 Å². The number of benzene rings is 1. The van der Waals surface area contributed by atoms with Gasteiger partial charge in [0.15, 0.2) is 0 Å². The molecule has 5 N–H and O–H groups in total. The monoisotopic (exact) mass is 277 g/mol. The van der Waals surface area contributed by atoms with Gasteiger partial charge in [-0.15, -0.1) is 0 Å². The average molecular weight is 277 g/mol. The van der Waals surface area contributed by atoms with Crippen LogP contribution in [0.25, 0.3) is 0 Å². The second kappa shape index (κ2) is 5.20. The highest BCUT2D eigenvalue weighted by Gasteiger charge is 2.12. The van der Waals surface area contributed by atoms with Gasteiger partial charge in [0.05, 0.1) is 17.4 Å². The molecule has 0 bridgehead atoms. The number of amides is 1. The zero-order valence-electron chi connectivity index (χ0n) is 11.3. The van der Waals surface area contributed by atoms with Gasteiger partial charge in [-0.05, 0) is 19.1 Å². The van der Waals surface area contributed by atoms with Gasteiger partial charge in [-0.3, -0.25) is 9.48 Å². The number of primary amides is 1. The largest absolute Gasteiger partial charge is 0.398 e. The van der Waals surface area contributed by atoms with Gasteiger partial charge in [-0.25, -0.2) is 4.39 Å². The van der Waals surface area contributed by atoms with E-state index in [0.29, 0.717) is 6.54 Å². The SMILES string of the molecule is Cc1c(CNc2cc(C(N)=O)c(N)cc2F)cnn1C. The fourth-order valence-electron chi connectivity index (χ4n) is 1.85. The van der Waals surface area contributed by atoms with Crippen molar-refractivity contribution in [3.8, 4) is 0 Å². The summed E-state index contributed by atoms with van der Waals surface area (Å²) >= 11 is 0. The van der Waals surface area contributed by atoms with Crippen molar-refractivity contribution in [3.05, 3.63) is 41.0 Å². The molecule has 1 heterocycles. The van der Waals surface area contributed by atoms with Crippen LogP contribution in [-0.4, -0.2) is 15.7 Å². The number of carbonyl (C=O) groups is 1. The molecule has 0 aliphatic heterocycles. The number of anilines is 2. The second-order valence-corrected chi connectivity index (χ2v) is 4.52. The highest BCUT2D eigenvalue weighted by atomic mass is 19.1. The van der Waals surface area contributed by atoms with E-state index in [0.717, 1.165) is 17.3 Å². The maximum atomic E-state index is 13.8. The molecule has 0 saturated carbocycles. The predicted octanol–water partition coefficient (Wildman–Crippen LogP) is 1.16. The maximum absolute atomic E-state index is 13.8. The van der Waals surface area contributed by atoms with E-state index in [1.807, 2.05) is 14.0 Å². The lowest BCUT2D eigenvalue weighted by atomic mass is 10.1. The Balaban J connectivity index is 2.23. The summed E-state index contributed by atoms with van der Waals surface area (Å²) in [6.07, 6.45) is 1.70. The number of hydrogen-bond donors (Lipinski definition) is 3. The molecule has 1 amide bonds. The number of hydrogen-bond acceptors (Lipinski definition) is 4. The van der Waals surface area contributed by atoms with Crippen molar-refractivity contribution < 1.29 is 9.18 Å². The van der Waals surface area contributed by atoms with E-state index in [1.165, 1.54) is 6.07 Å². The van der Waals surface area contributed by atoms with E-state index in [-0.39, 0.29) is 16.9 Å². The van der Waals surface area contributed by atoms with Gasteiger partial charge in [0, 0.05) is 30.5 Å². The zero-order valence-corrected chi connectivity index (χ0v) is 11.3. The first kappa shape index (κ1) is 13.9. The molecule has 0 unspecified atom stereocenters. The predicted molar refractivity (Wildman–Crippen MR) is 74.6 cm³/mol. The minimum absolute atomic E-state index is 0.0260. The van der Waals surface area contributed by atoms with Crippen molar-refractivity contribution >= 4 is 17.3 Å².